The van der Waals surface area contributed by atoms with Crippen LogP contribution in [0.5, 0.6) is 0 Å². The van der Waals surface area contributed by atoms with Crippen molar-refractivity contribution >= 4 is 15.7 Å². The monoisotopic (exact) mass is 280 g/mol. The van der Waals surface area contributed by atoms with Gasteiger partial charge in [0.15, 0.2) is 0 Å². The zero-order valence-corrected chi connectivity index (χ0v) is 10.2. The highest BCUT2D eigenvalue weighted by Gasteiger charge is 2.20. The SMILES string of the molecule is Nc1ccccc1CS(=O)(=O)NCC(O)C(F)F. The molecule has 18 heavy (non-hydrogen) atoms. The first kappa shape index (κ1) is 14.8. The number of nitrogen functional groups attached to an aromatic ring is 1. The van der Waals surface area contributed by atoms with E-state index in [0.717, 1.165) is 0 Å². The van der Waals surface area contributed by atoms with Gasteiger partial charge in [-0.05, 0) is 11.6 Å². The molecule has 1 aromatic carbocycles. The normalized spacial score (nSPS) is 13.8. The Morgan fingerprint density at radius 2 is 1.94 bits per heavy atom. The van der Waals surface area contributed by atoms with E-state index in [0.29, 0.717) is 11.3 Å². The van der Waals surface area contributed by atoms with Gasteiger partial charge >= 0.3 is 0 Å². The van der Waals surface area contributed by atoms with Crippen molar-refractivity contribution in [2.24, 2.45) is 0 Å². The smallest absolute Gasteiger partial charge is 0.265 e. The number of aliphatic hydroxyl groups is 1. The fraction of sp³-hybridized carbons (Fsp3) is 0.400. The van der Waals surface area contributed by atoms with Gasteiger partial charge in [-0.3, -0.25) is 0 Å². The molecule has 0 aromatic heterocycles. The second-order valence-corrected chi connectivity index (χ2v) is 5.52. The van der Waals surface area contributed by atoms with Gasteiger partial charge in [-0.25, -0.2) is 21.9 Å². The lowest BCUT2D eigenvalue weighted by Gasteiger charge is -2.12. The summed E-state index contributed by atoms with van der Waals surface area (Å²) in [6, 6.07) is 6.34. The van der Waals surface area contributed by atoms with Gasteiger partial charge in [0.1, 0.15) is 6.10 Å². The molecule has 0 aliphatic carbocycles. The van der Waals surface area contributed by atoms with E-state index >= 15 is 0 Å². The standard InChI is InChI=1S/C10H14F2N2O3S/c11-10(12)9(15)5-14-18(16,17)6-7-3-1-2-4-8(7)13/h1-4,9-10,14-15H,5-6,13H2. The van der Waals surface area contributed by atoms with E-state index in [4.69, 9.17) is 10.8 Å². The molecule has 0 spiro atoms. The Bertz CT molecular complexity index is 494. The number of para-hydroxylation sites is 1. The Balaban J connectivity index is 2.63. The highest BCUT2D eigenvalue weighted by atomic mass is 32.2. The molecule has 0 saturated carbocycles. The van der Waals surface area contributed by atoms with Crippen LogP contribution in [0.3, 0.4) is 0 Å². The molecule has 0 aliphatic heterocycles. The average Bonchev–Trinajstić information content (AvgIpc) is 2.29. The Hall–Kier alpha value is -1.25. The fourth-order valence-corrected chi connectivity index (χ4v) is 2.42. The first-order valence-corrected chi connectivity index (χ1v) is 6.74. The summed E-state index contributed by atoms with van der Waals surface area (Å²) in [6.07, 6.45) is -5.01. The average molecular weight is 280 g/mol. The second kappa shape index (κ2) is 6.07. The van der Waals surface area contributed by atoms with Crippen molar-refractivity contribution in [1.82, 2.24) is 4.72 Å². The van der Waals surface area contributed by atoms with Crippen LogP contribution in [-0.2, 0) is 15.8 Å². The molecule has 1 aromatic rings. The second-order valence-electron chi connectivity index (χ2n) is 3.71. The summed E-state index contributed by atoms with van der Waals surface area (Å²) in [5.41, 5.74) is 6.25. The van der Waals surface area contributed by atoms with Crippen molar-refractivity contribution in [3.05, 3.63) is 29.8 Å². The van der Waals surface area contributed by atoms with E-state index in [1.165, 1.54) is 6.07 Å². The minimum atomic E-state index is -3.81. The maximum atomic E-state index is 12.0. The van der Waals surface area contributed by atoms with Crippen molar-refractivity contribution in [3.63, 3.8) is 0 Å². The van der Waals surface area contributed by atoms with Crippen LogP contribution in [0.15, 0.2) is 24.3 Å². The number of alkyl halides is 2. The van der Waals surface area contributed by atoms with Gasteiger partial charge < -0.3 is 10.8 Å². The summed E-state index contributed by atoms with van der Waals surface area (Å²) in [6.45, 7) is -0.729. The molecular weight excluding hydrogens is 266 g/mol. The Morgan fingerprint density at radius 3 is 2.50 bits per heavy atom. The van der Waals surface area contributed by atoms with Crippen LogP contribution in [0.4, 0.5) is 14.5 Å². The maximum Gasteiger partial charge on any atom is 0.265 e. The Kier molecular flexibility index (Phi) is 5.00. The predicted molar refractivity (Wildman–Crippen MR) is 63.5 cm³/mol. The number of sulfonamides is 1. The third kappa shape index (κ3) is 4.55. The summed E-state index contributed by atoms with van der Waals surface area (Å²) in [4.78, 5) is 0. The van der Waals surface area contributed by atoms with Crippen molar-refractivity contribution in [1.29, 1.82) is 0 Å². The van der Waals surface area contributed by atoms with Gasteiger partial charge in [0, 0.05) is 12.2 Å². The minimum Gasteiger partial charge on any atom is -0.398 e. The van der Waals surface area contributed by atoms with Gasteiger partial charge in [-0.15, -0.1) is 0 Å². The summed E-state index contributed by atoms with van der Waals surface area (Å²) >= 11 is 0. The lowest BCUT2D eigenvalue weighted by atomic mass is 10.2. The quantitative estimate of drug-likeness (QED) is 0.654. The first-order valence-electron chi connectivity index (χ1n) is 5.09. The summed E-state index contributed by atoms with van der Waals surface area (Å²) < 4.78 is 49.0. The van der Waals surface area contributed by atoms with Crippen LogP contribution in [0.2, 0.25) is 0 Å². The third-order valence-corrected chi connectivity index (χ3v) is 3.50. The third-order valence-electron chi connectivity index (χ3n) is 2.20. The highest BCUT2D eigenvalue weighted by molar-refractivity contribution is 7.88. The molecule has 0 aliphatic rings. The number of benzene rings is 1. The largest absolute Gasteiger partial charge is 0.398 e. The highest BCUT2D eigenvalue weighted by Crippen LogP contribution is 2.13. The molecule has 8 heteroatoms. The summed E-state index contributed by atoms with van der Waals surface area (Å²) in [5, 5.41) is 8.81. The number of aliphatic hydroxyl groups excluding tert-OH is 1. The van der Waals surface area contributed by atoms with E-state index in [1.807, 2.05) is 4.72 Å². The van der Waals surface area contributed by atoms with Crippen molar-refractivity contribution in [2.45, 2.75) is 18.3 Å². The molecule has 1 unspecified atom stereocenters. The molecular formula is C10H14F2N2O3S. The number of halogens is 2. The molecule has 5 nitrogen and oxygen atoms in total. The van der Waals surface area contributed by atoms with Gasteiger partial charge in [0.2, 0.25) is 10.0 Å². The van der Waals surface area contributed by atoms with Crippen LogP contribution < -0.4 is 10.5 Å². The number of anilines is 1. The number of nitrogens with one attached hydrogen (secondary N) is 1. The molecule has 0 saturated heterocycles. The molecule has 4 N–H and O–H groups in total. The van der Waals surface area contributed by atoms with Crippen LogP contribution in [-0.4, -0.2) is 32.6 Å². The van der Waals surface area contributed by atoms with Crippen LogP contribution >= 0.6 is 0 Å². The topological polar surface area (TPSA) is 92.4 Å². The van der Waals surface area contributed by atoms with E-state index in [9.17, 15) is 17.2 Å². The Morgan fingerprint density at radius 1 is 1.33 bits per heavy atom. The molecule has 102 valence electrons. The van der Waals surface area contributed by atoms with Crippen LogP contribution in [0.25, 0.3) is 0 Å². The van der Waals surface area contributed by atoms with E-state index in [1.54, 1.807) is 18.2 Å². The molecule has 1 rings (SSSR count). The van der Waals surface area contributed by atoms with Crippen molar-refractivity contribution in [2.75, 3.05) is 12.3 Å². The van der Waals surface area contributed by atoms with Crippen LogP contribution in [0.1, 0.15) is 5.56 Å². The lowest BCUT2D eigenvalue weighted by Crippen LogP contribution is -2.36. The van der Waals surface area contributed by atoms with Crippen molar-refractivity contribution in [3.8, 4) is 0 Å². The van der Waals surface area contributed by atoms with E-state index < -0.39 is 34.9 Å². The van der Waals surface area contributed by atoms with Gasteiger partial charge in [0.25, 0.3) is 6.43 Å². The molecule has 0 heterocycles. The maximum absolute atomic E-state index is 12.0. The predicted octanol–water partition coefficient (Wildman–Crippen LogP) is 0.314. The zero-order valence-electron chi connectivity index (χ0n) is 9.38. The molecule has 0 bridgehead atoms. The molecule has 1 atom stereocenters. The van der Waals surface area contributed by atoms with Crippen LogP contribution in [0, 0.1) is 0 Å². The number of nitrogens with two attached hydrogens (primary N) is 1. The number of rotatable bonds is 6. The Labute approximate surface area is 104 Å². The lowest BCUT2D eigenvalue weighted by molar-refractivity contribution is -0.000455. The molecule has 0 fully saturated rings. The van der Waals surface area contributed by atoms with Crippen molar-refractivity contribution < 1.29 is 22.3 Å². The van der Waals surface area contributed by atoms with E-state index in [-0.39, 0.29) is 0 Å². The number of hydrogen-bond donors (Lipinski definition) is 3. The first-order chi connectivity index (χ1) is 8.32. The van der Waals surface area contributed by atoms with Gasteiger partial charge in [0.05, 0.1) is 5.75 Å². The minimum absolute atomic E-state index is 0.303. The summed E-state index contributed by atoms with van der Waals surface area (Å²) in [5.74, 6) is -0.421. The molecule has 0 radical (unpaired) electrons. The summed E-state index contributed by atoms with van der Waals surface area (Å²) in [7, 11) is -3.81. The fourth-order valence-electron chi connectivity index (χ4n) is 1.22. The van der Waals surface area contributed by atoms with E-state index in [2.05, 4.69) is 0 Å². The molecule has 0 amide bonds. The zero-order chi connectivity index (χ0) is 13.8. The number of hydrogen-bond acceptors (Lipinski definition) is 4. The van der Waals surface area contributed by atoms with Gasteiger partial charge in [-0.2, -0.15) is 0 Å². The van der Waals surface area contributed by atoms with Gasteiger partial charge in [-0.1, -0.05) is 18.2 Å².